The molecule has 7 heteroatoms. The molecule has 0 nitrogen and oxygen atoms in total. The van der Waals surface area contributed by atoms with Crippen LogP contribution in [0.15, 0.2) is 0 Å². The summed E-state index contributed by atoms with van der Waals surface area (Å²) in [6.45, 7) is 0. The van der Waals surface area contributed by atoms with E-state index in [2.05, 4.69) is 0 Å². The smallest absolute Gasteiger partial charge is 0 e. The Morgan fingerprint density at radius 1 is 1.00 bits per heavy atom. The Balaban J connectivity index is 0. The summed E-state index contributed by atoms with van der Waals surface area (Å²) in [6.07, 6.45) is 0. The summed E-state index contributed by atoms with van der Waals surface area (Å²) < 4.78 is 0. The molecule has 0 aromatic carbocycles. The molecule has 0 aromatic rings. The van der Waals surface area contributed by atoms with Gasteiger partial charge in [-0.15, -0.1) is 0 Å². The van der Waals surface area contributed by atoms with E-state index in [0.29, 0.717) is 0 Å². The van der Waals surface area contributed by atoms with Gasteiger partial charge >= 0.3 is 97.3 Å². The summed E-state index contributed by atoms with van der Waals surface area (Å²) in [4.78, 5) is 0. The molecule has 40 valence electrons. The first-order chi connectivity index (χ1) is 0. The first-order valence-corrected chi connectivity index (χ1v) is 0. The van der Waals surface area contributed by atoms with Crippen molar-refractivity contribution in [3.63, 3.8) is 0 Å². The van der Waals surface area contributed by atoms with Crippen molar-refractivity contribution in [1.82, 2.24) is 0 Å². The molecule has 0 N–H and O–H groups in total. The fourth-order valence-electron chi connectivity index (χ4n) is 0. The molecule has 0 atom stereocenters. The SMILES string of the molecule is [AlH3].[BaH2].[Co].[LiH].[Mn].[NaH].[Ni]. The largest absolute Gasteiger partial charge is 0 e. The summed E-state index contributed by atoms with van der Waals surface area (Å²) >= 11 is 0. The van der Waals surface area contributed by atoms with Crippen molar-refractivity contribution in [3.8, 4) is 0 Å². The van der Waals surface area contributed by atoms with E-state index in [4.69, 9.17) is 0 Å². The molecule has 0 heterocycles. The van der Waals surface area contributed by atoms with Crippen molar-refractivity contribution in [2.75, 3.05) is 0 Å². The maximum absolute atomic E-state index is 0. The number of rotatable bonds is 0. The second-order valence-electron chi connectivity index (χ2n) is 0. The van der Waals surface area contributed by atoms with Gasteiger partial charge < -0.3 is 0 Å². The first kappa shape index (κ1) is 56.5. The maximum atomic E-state index is 0. The molecule has 0 fully saturated rings. The fraction of sp³-hybridized carbons (Fsp3) is 0. The maximum Gasteiger partial charge on any atom is 0 e. The molecule has 0 rings (SSSR count). The van der Waals surface area contributed by atoms with Crippen LogP contribution in [0.4, 0.5) is 0 Å². The van der Waals surface area contributed by atoms with Gasteiger partial charge in [-0.1, -0.05) is 0 Å². The third-order valence-corrected chi connectivity index (χ3v) is 0. The van der Waals surface area contributed by atoms with Gasteiger partial charge in [-0.2, -0.15) is 0 Å². The summed E-state index contributed by atoms with van der Waals surface area (Å²) in [5.74, 6) is 0. The Bertz CT molecular complexity index is 19.7. The van der Waals surface area contributed by atoms with Gasteiger partial charge in [0.1, 0.15) is 0 Å². The van der Waals surface area contributed by atoms with E-state index in [1.54, 1.807) is 0 Å². The molecule has 2 radical (unpaired) electrons. The first-order valence-electron chi connectivity index (χ1n) is 0. The van der Waals surface area contributed by atoms with Crippen LogP contribution in [0.25, 0.3) is 0 Å². The molecular weight excluding hydrogens is 367 g/mol. The minimum atomic E-state index is 0. The van der Waals surface area contributed by atoms with Crippen LogP contribution >= 0.6 is 0 Å². The van der Waals surface area contributed by atoms with Crippen LogP contribution in [0.5, 0.6) is 0 Å². The average Bonchev–Trinajstić information content (AvgIpc) is 0. The molecule has 0 spiro atoms. The predicted molar refractivity (Wildman–Crippen MR) is 32.8 cm³/mol. The second-order valence-corrected chi connectivity index (χ2v) is 0. The Kier molecular flexibility index (Phi) is 347. The normalized spacial score (nSPS) is 0. The van der Waals surface area contributed by atoms with Crippen LogP contribution in [-0.4, -0.2) is 115 Å². The van der Waals surface area contributed by atoms with Crippen molar-refractivity contribution in [2.45, 2.75) is 0 Å². The van der Waals surface area contributed by atoms with Crippen LogP contribution < -0.4 is 0 Å². The Morgan fingerprint density at radius 2 is 1.00 bits per heavy atom. The van der Waals surface area contributed by atoms with E-state index in [9.17, 15) is 0 Å². The van der Waals surface area contributed by atoms with Crippen LogP contribution in [0, 0.1) is 0 Å². The van der Waals surface area contributed by atoms with E-state index in [0.717, 1.165) is 0 Å². The van der Waals surface area contributed by atoms with E-state index < -0.39 is 0 Å². The van der Waals surface area contributed by atoms with E-state index in [1.807, 2.05) is 0 Å². The quantitative estimate of drug-likeness (QED) is 0.388. The molecule has 0 bridgehead atoms. The molecular formula is H7AlBaCoLiMnNaNi. The molecule has 0 saturated heterocycles. The molecule has 0 amide bonds. The predicted octanol–water partition coefficient (Wildman–Crippen LogP) is -3.40. The van der Waals surface area contributed by atoms with Gasteiger partial charge in [0.15, 0.2) is 17.4 Å². The second kappa shape index (κ2) is 43.0. The van der Waals surface area contributed by atoms with Crippen LogP contribution in [-0.2, 0) is 50.3 Å². The third kappa shape index (κ3) is 35.0. The van der Waals surface area contributed by atoms with Crippen molar-refractivity contribution < 1.29 is 50.3 Å². The monoisotopic (exact) mass is 374 g/mol. The summed E-state index contributed by atoms with van der Waals surface area (Å²) in [7, 11) is 0. The van der Waals surface area contributed by atoms with Crippen molar-refractivity contribution >= 4 is 115 Å². The molecule has 7 heavy (non-hydrogen) atoms. The fourth-order valence-corrected chi connectivity index (χ4v) is 0. The summed E-state index contributed by atoms with van der Waals surface area (Å²) in [6, 6.07) is 0. The Morgan fingerprint density at radius 3 is 1.00 bits per heavy atom. The van der Waals surface area contributed by atoms with Gasteiger partial charge in [-0.3, -0.25) is 0 Å². The zero-order chi connectivity index (χ0) is 0. The number of hydrogen-bond donors (Lipinski definition) is 0. The van der Waals surface area contributed by atoms with Gasteiger partial charge in [0, 0.05) is 50.3 Å². The van der Waals surface area contributed by atoms with Gasteiger partial charge in [-0.25, -0.2) is 0 Å². The topological polar surface area (TPSA) is 0 Å². The van der Waals surface area contributed by atoms with E-state index in [1.165, 1.54) is 0 Å². The molecule has 0 aliphatic carbocycles. The van der Waals surface area contributed by atoms with Crippen LogP contribution in [0.3, 0.4) is 0 Å². The minimum Gasteiger partial charge on any atom is 0 e. The number of hydrogen-bond acceptors (Lipinski definition) is 0. The van der Waals surface area contributed by atoms with E-state index in [-0.39, 0.29) is 165 Å². The average molecular weight is 374 g/mol. The van der Waals surface area contributed by atoms with Gasteiger partial charge in [0.25, 0.3) is 0 Å². The summed E-state index contributed by atoms with van der Waals surface area (Å²) in [5.41, 5.74) is 0. The van der Waals surface area contributed by atoms with Gasteiger partial charge in [-0.05, 0) is 0 Å². The minimum absolute atomic E-state index is 0. The van der Waals surface area contributed by atoms with Gasteiger partial charge in [0.05, 0.1) is 0 Å². The summed E-state index contributed by atoms with van der Waals surface area (Å²) in [5, 5.41) is 0. The third-order valence-electron chi connectivity index (χ3n) is 0. The molecule has 0 aromatic heterocycles. The van der Waals surface area contributed by atoms with Crippen LogP contribution in [0.1, 0.15) is 0 Å². The van der Waals surface area contributed by atoms with E-state index >= 15 is 0 Å². The van der Waals surface area contributed by atoms with Crippen LogP contribution in [0.2, 0.25) is 0 Å². The zero-order valence-corrected chi connectivity index (χ0v) is 4.24. The Labute approximate surface area is 160 Å². The molecule has 0 unspecified atom stereocenters. The Hall–Kier alpha value is 5.22. The molecule has 0 aliphatic heterocycles. The van der Waals surface area contributed by atoms with Crippen molar-refractivity contribution in [3.05, 3.63) is 0 Å². The van der Waals surface area contributed by atoms with Gasteiger partial charge in [0.2, 0.25) is 0 Å². The van der Waals surface area contributed by atoms with Crippen molar-refractivity contribution in [2.24, 2.45) is 0 Å². The molecule has 0 aliphatic rings. The standard InChI is InChI=1S/Al.Ba.Co.Li.Mn.Na.Ni.7H. The zero-order valence-electron chi connectivity index (χ0n) is 1.03. The molecule has 0 saturated carbocycles. The van der Waals surface area contributed by atoms with Crippen molar-refractivity contribution in [1.29, 1.82) is 0 Å².